The molecule has 1 N–H and O–H groups in total. The molecule has 0 aliphatic heterocycles. The number of ketones is 1. The van der Waals surface area contributed by atoms with E-state index in [4.69, 9.17) is 5.73 Å². The maximum Gasteiger partial charge on any atom is 0.148 e. The number of hydrogen-bond acceptors (Lipinski definition) is 1. The Kier molecular flexibility index (Phi) is 3.57. The van der Waals surface area contributed by atoms with Crippen molar-refractivity contribution in [1.82, 2.24) is 5.73 Å². The third kappa shape index (κ3) is 3.02. The lowest BCUT2D eigenvalue weighted by Gasteiger charge is -2.05. The molecule has 0 atom stereocenters. The Morgan fingerprint density at radius 1 is 1.36 bits per heavy atom. The second-order valence-corrected chi connectivity index (χ2v) is 3.40. The second-order valence-electron chi connectivity index (χ2n) is 3.40. The Balaban J connectivity index is 2.06. The van der Waals surface area contributed by atoms with Crippen LogP contribution in [0.15, 0.2) is 0 Å². The summed E-state index contributed by atoms with van der Waals surface area (Å²) in [5, 5.41) is 0. The summed E-state index contributed by atoms with van der Waals surface area (Å²) >= 11 is 0. The van der Waals surface area contributed by atoms with Crippen LogP contribution >= 0.6 is 0 Å². The minimum Gasteiger partial charge on any atom is -0.298 e. The highest BCUT2D eigenvalue weighted by Crippen LogP contribution is 2.28. The molecular formula is C9H16NO. The van der Waals surface area contributed by atoms with Gasteiger partial charge in [-0.3, -0.25) is 10.5 Å². The van der Waals surface area contributed by atoms with Crippen molar-refractivity contribution in [3.05, 3.63) is 0 Å². The van der Waals surface area contributed by atoms with E-state index in [1.807, 2.05) is 0 Å². The van der Waals surface area contributed by atoms with Gasteiger partial charge in [0.25, 0.3) is 0 Å². The van der Waals surface area contributed by atoms with Crippen LogP contribution in [0.1, 0.15) is 38.5 Å². The molecule has 63 valence electrons. The number of rotatable bonds is 4. The SMILES string of the molecule is [NH]CC(=O)CCC1CCCC1. The first-order chi connectivity index (χ1) is 5.33. The van der Waals surface area contributed by atoms with Gasteiger partial charge < -0.3 is 0 Å². The molecule has 0 aromatic heterocycles. The predicted molar refractivity (Wildman–Crippen MR) is 44.2 cm³/mol. The van der Waals surface area contributed by atoms with Gasteiger partial charge >= 0.3 is 0 Å². The normalized spacial score (nSPS) is 19.0. The fraction of sp³-hybridized carbons (Fsp3) is 0.889. The molecule has 1 aliphatic rings. The Morgan fingerprint density at radius 2 is 2.00 bits per heavy atom. The summed E-state index contributed by atoms with van der Waals surface area (Å²) in [5.74, 6) is 0.905. The molecule has 0 unspecified atom stereocenters. The molecule has 0 aromatic carbocycles. The van der Waals surface area contributed by atoms with Crippen molar-refractivity contribution < 1.29 is 4.79 Å². The summed E-state index contributed by atoms with van der Waals surface area (Å²) < 4.78 is 0. The van der Waals surface area contributed by atoms with Crippen LogP contribution in [0.4, 0.5) is 0 Å². The molecule has 1 saturated carbocycles. The van der Waals surface area contributed by atoms with E-state index in [1.165, 1.54) is 25.7 Å². The smallest absolute Gasteiger partial charge is 0.148 e. The van der Waals surface area contributed by atoms with Gasteiger partial charge in [-0.1, -0.05) is 25.7 Å². The third-order valence-electron chi connectivity index (χ3n) is 2.50. The zero-order chi connectivity index (χ0) is 8.10. The predicted octanol–water partition coefficient (Wildman–Crippen LogP) is 1.81. The van der Waals surface area contributed by atoms with Gasteiger partial charge in [0.1, 0.15) is 5.78 Å². The van der Waals surface area contributed by atoms with E-state index in [2.05, 4.69) is 0 Å². The Bertz CT molecular complexity index is 128. The molecule has 2 nitrogen and oxygen atoms in total. The number of hydrogen-bond donors (Lipinski definition) is 0. The molecule has 0 saturated heterocycles. The summed E-state index contributed by atoms with van der Waals surface area (Å²) in [5.41, 5.74) is 6.83. The van der Waals surface area contributed by atoms with E-state index >= 15 is 0 Å². The molecule has 11 heavy (non-hydrogen) atoms. The van der Waals surface area contributed by atoms with Crippen molar-refractivity contribution in [2.75, 3.05) is 6.54 Å². The summed E-state index contributed by atoms with van der Waals surface area (Å²) in [6, 6.07) is 0. The first kappa shape index (κ1) is 8.72. The zero-order valence-corrected chi connectivity index (χ0v) is 6.94. The van der Waals surface area contributed by atoms with Crippen LogP contribution in [-0.4, -0.2) is 12.3 Å². The molecular weight excluding hydrogens is 138 g/mol. The van der Waals surface area contributed by atoms with E-state index in [-0.39, 0.29) is 12.3 Å². The quantitative estimate of drug-likeness (QED) is 0.608. The van der Waals surface area contributed by atoms with Crippen LogP contribution in [0.5, 0.6) is 0 Å². The molecule has 1 aliphatic carbocycles. The number of carbonyl (C=O) groups is 1. The summed E-state index contributed by atoms with van der Waals surface area (Å²) in [7, 11) is 0. The minimum atomic E-state index is -0.0211. The highest BCUT2D eigenvalue weighted by Gasteiger charge is 2.15. The third-order valence-corrected chi connectivity index (χ3v) is 2.50. The molecule has 1 radical (unpaired) electrons. The van der Waals surface area contributed by atoms with Crippen molar-refractivity contribution >= 4 is 5.78 Å². The zero-order valence-electron chi connectivity index (χ0n) is 6.94. The maximum absolute atomic E-state index is 10.8. The topological polar surface area (TPSA) is 40.9 Å². The highest BCUT2D eigenvalue weighted by molar-refractivity contribution is 5.79. The van der Waals surface area contributed by atoms with Crippen molar-refractivity contribution in [2.45, 2.75) is 38.5 Å². The molecule has 0 aromatic rings. The fourth-order valence-corrected chi connectivity index (χ4v) is 1.75. The first-order valence-corrected chi connectivity index (χ1v) is 4.49. The Morgan fingerprint density at radius 3 is 2.55 bits per heavy atom. The molecule has 1 rings (SSSR count). The average Bonchev–Trinajstić information content (AvgIpc) is 2.52. The molecule has 1 fully saturated rings. The Labute approximate surface area is 68.2 Å². The molecule has 0 bridgehead atoms. The van der Waals surface area contributed by atoms with Gasteiger partial charge in [-0.15, -0.1) is 0 Å². The Hall–Kier alpha value is -0.370. The van der Waals surface area contributed by atoms with Gasteiger partial charge in [-0.05, 0) is 12.3 Å². The van der Waals surface area contributed by atoms with Gasteiger partial charge in [-0.25, -0.2) is 0 Å². The van der Waals surface area contributed by atoms with Crippen LogP contribution in [0, 0.1) is 5.92 Å². The van der Waals surface area contributed by atoms with Crippen molar-refractivity contribution in [2.24, 2.45) is 5.92 Å². The van der Waals surface area contributed by atoms with Crippen LogP contribution in [0.3, 0.4) is 0 Å². The van der Waals surface area contributed by atoms with Gasteiger partial charge in [0, 0.05) is 6.42 Å². The van der Waals surface area contributed by atoms with Crippen molar-refractivity contribution in [3.8, 4) is 0 Å². The lowest BCUT2D eigenvalue weighted by Crippen LogP contribution is -2.07. The molecule has 2 heteroatoms. The molecule has 0 heterocycles. The van der Waals surface area contributed by atoms with Gasteiger partial charge in [0.15, 0.2) is 0 Å². The summed E-state index contributed by atoms with van der Waals surface area (Å²) in [6.07, 6.45) is 7.00. The lowest BCUT2D eigenvalue weighted by atomic mass is 10.0. The van der Waals surface area contributed by atoms with Crippen LogP contribution in [0.25, 0.3) is 0 Å². The lowest BCUT2D eigenvalue weighted by molar-refractivity contribution is -0.118. The van der Waals surface area contributed by atoms with Crippen LogP contribution in [-0.2, 0) is 4.79 Å². The molecule has 0 amide bonds. The number of nitrogens with one attached hydrogen (secondary N) is 1. The number of carbonyl (C=O) groups excluding carboxylic acids is 1. The van der Waals surface area contributed by atoms with Gasteiger partial charge in [0.05, 0.1) is 6.54 Å². The standard InChI is InChI=1S/C9H16NO/c10-7-9(11)6-5-8-3-1-2-4-8/h8,10H,1-7H2. The maximum atomic E-state index is 10.8. The van der Waals surface area contributed by atoms with Crippen LogP contribution in [0.2, 0.25) is 0 Å². The summed E-state index contributed by atoms with van der Waals surface area (Å²) in [4.78, 5) is 10.8. The summed E-state index contributed by atoms with van der Waals surface area (Å²) in [6.45, 7) is -0.0211. The largest absolute Gasteiger partial charge is 0.298 e. The highest BCUT2D eigenvalue weighted by atomic mass is 16.1. The van der Waals surface area contributed by atoms with E-state index in [1.54, 1.807) is 0 Å². The minimum absolute atomic E-state index is 0.0211. The van der Waals surface area contributed by atoms with Crippen LogP contribution < -0.4 is 5.73 Å². The monoisotopic (exact) mass is 154 g/mol. The molecule has 0 spiro atoms. The van der Waals surface area contributed by atoms with E-state index in [0.29, 0.717) is 6.42 Å². The number of Topliss-reactive ketones (excluding diaryl/α,β-unsaturated/α-hetero) is 1. The van der Waals surface area contributed by atoms with E-state index in [9.17, 15) is 4.79 Å². The van der Waals surface area contributed by atoms with Crippen molar-refractivity contribution in [1.29, 1.82) is 0 Å². The first-order valence-electron chi connectivity index (χ1n) is 4.49. The van der Waals surface area contributed by atoms with Gasteiger partial charge in [-0.2, -0.15) is 0 Å². The van der Waals surface area contributed by atoms with Crippen molar-refractivity contribution in [3.63, 3.8) is 0 Å². The van der Waals surface area contributed by atoms with Gasteiger partial charge in [0.2, 0.25) is 0 Å². The average molecular weight is 154 g/mol. The second kappa shape index (κ2) is 4.50. The van der Waals surface area contributed by atoms with E-state index in [0.717, 1.165) is 12.3 Å². The fourth-order valence-electron chi connectivity index (χ4n) is 1.75. The van der Waals surface area contributed by atoms with E-state index < -0.39 is 0 Å².